The second-order valence-electron chi connectivity index (χ2n) is 6.06. The molecule has 134 valence electrons. The van der Waals surface area contributed by atoms with Gasteiger partial charge in [-0.2, -0.15) is 0 Å². The molecule has 1 aromatic carbocycles. The van der Waals surface area contributed by atoms with Gasteiger partial charge in [-0.15, -0.1) is 0 Å². The normalized spacial score (nSPS) is 10.6. The Bertz CT molecular complexity index is 705. The molecule has 0 radical (unpaired) electrons. The SMILES string of the molecule is COc1cc(C(=O)NCc2cccnc2)cc(Cl)c1OCCC(C)C. The summed E-state index contributed by atoms with van der Waals surface area (Å²) >= 11 is 6.29. The van der Waals surface area contributed by atoms with Gasteiger partial charge in [0, 0.05) is 24.5 Å². The maximum absolute atomic E-state index is 12.4. The molecule has 1 N–H and O–H groups in total. The van der Waals surface area contributed by atoms with Crippen molar-refractivity contribution in [1.82, 2.24) is 10.3 Å². The number of rotatable bonds is 8. The number of halogens is 1. The van der Waals surface area contributed by atoms with Crippen LogP contribution in [0.25, 0.3) is 0 Å². The molecule has 0 aliphatic heterocycles. The van der Waals surface area contributed by atoms with Gasteiger partial charge in [-0.25, -0.2) is 0 Å². The van der Waals surface area contributed by atoms with Crippen molar-refractivity contribution < 1.29 is 14.3 Å². The third-order valence-corrected chi connectivity index (χ3v) is 3.89. The van der Waals surface area contributed by atoms with Crippen molar-refractivity contribution in [2.45, 2.75) is 26.8 Å². The minimum Gasteiger partial charge on any atom is -0.493 e. The number of nitrogens with one attached hydrogen (secondary N) is 1. The number of ether oxygens (including phenoxy) is 2. The summed E-state index contributed by atoms with van der Waals surface area (Å²) in [6, 6.07) is 6.94. The van der Waals surface area contributed by atoms with E-state index in [2.05, 4.69) is 24.1 Å². The van der Waals surface area contributed by atoms with E-state index in [-0.39, 0.29) is 5.91 Å². The first kappa shape index (κ1) is 19.1. The van der Waals surface area contributed by atoms with Crippen molar-refractivity contribution in [1.29, 1.82) is 0 Å². The fourth-order valence-electron chi connectivity index (χ4n) is 2.17. The largest absolute Gasteiger partial charge is 0.493 e. The van der Waals surface area contributed by atoms with Gasteiger partial charge in [0.1, 0.15) is 0 Å². The lowest BCUT2D eigenvalue weighted by Crippen LogP contribution is -2.23. The molecule has 2 aromatic rings. The summed E-state index contributed by atoms with van der Waals surface area (Å²) in [6.07, 6.45) is 4.31. The minimum absolute atomic E-state index is 0.238. The van der Waals surface area contributed by atoms with Gasteiger partial charge in [0.25, 0.3) is 5.91 Å². The van der Waals surface area contributed by atoms with Crippen molar-refractivity contribution >= 4 is 17.5 Å². The van der Waals surface area contributed by atoms with Gasteiger partial charge < -0.3 is 14.8 Å². The van der Waals surface area contributed by atoms with Crippen LogP contribution in [0, 0.1) is 5.92 Å². The molecule has 0 saturated heterocycles. The van der Waals surface area contributed by atoms with Gasteiger partial charge in [-0.1, -0.05) is 31.5 Å². The number of hydrogen-bond acceptors (Lipinski definition) is 4. The molecule has 2 rings (SSSR count). The average Bonchev–Trinajstić information content (AvgIpc) is 2.61. The first-order valence-corrected chi connectivity index (χ1v) is 8.56. The van der Waals surface area contributed by atoms with E-state index in [1.807, 2.05) is 12.1 Å². The third-order valence-electron chi connectivity index (χ3n) is 3.61. The number of nitrogens with zero attached hydrogens (tertiary/aromatic N) is 1. The molecule has 1 heterocycles. The van der Waals surface area contributed by atoms with E-state index in [1.54, 1.807) is 24.5 Å². The van der Waals surface area contributed by atoms with E-state index in [1.165, 1.54) is 7.11 Å². The fraction of sp³-hybridized carbons (Fsp3) is 0.368. The fourth-order valence-corrected chi connectivity index (χ4v) is 2.44. The van der Waals surface area contributed by atoms with Crippen LogP contribution in [-0.2, 0) is 6.54 Å². The molecule has 0 spiro atoms. The molecule has 0 saturated carbocycles. The molecule has 1 amide bonds. The Morgan fingerprint density at radius 3 is 2.80 bits per heavy atom. The predicted octanol–water partition coefficient (Wildman–Crippen LogP) is 4.10. The van der Waals surface area contributed by atoms with Crippen molar-refractivity contribution in [2.75, 3.05) is 13.7 Å². The number of hydrogen-bond donors (Lipinski definition) is 1. The Balaban J connectivity index is 2.08. The standard InChI is InChI=1S/C19H23ClN2O3/c1-13(2)6-8-25-18-16(20)9-15(10-17(18)24-3)19(23)22-12-14-5-4-7-21-11-14/h4-5,7,9-11,13H,6,8,12H2,1-3H3,(H,22,23). The molecule has 25 heavy (non-hydrogen) atoms. The Morgan fingerprint density at radius 1 is 1.36 bits per heavy atom. The van der Waals surface area contributed by atoms with Gasteiger partial charge in [-0.3, -0.25) is 9.78 Å². The summed E-state index contributed by atoms with van der Waals surface area (Å²) in [7, 11) is 1.53. The van der Waals surface area contributed by atoms with Crippen molar-refractivity contribution in [3.8, 4) is 11.5 Å². The highest BCUT2D eigenvalue weighted by molar-refractivity contribution is 6.32. The van der Waals surface area contributed by atoms with Crippen LogP contribution in [0.4, 0.5) is 0 Å². The number of benzene rings is 1. The quantitative estimate of drug-likeness (QED) is 0.768. The molecule has 0 aliphatic rings. The van der Waals surface area contributed by atoms with E-state index in [0.717, 1.165) is 12.0 Å². The van der Waals surface area contributed by atoms with E-state index >= 15 is 0 Å². The first-order valence-electron chi connectivity index (χ1n) is 8.18. The molecule has 0 bridgehead atoms. The topological polar surface area (TPSA) is 60.5 Å². The molecule has 0 fully saturated rings. The number of carbonyl (C=O) groups excluding carboxylic acids is 1. The van der Waals surface area contributed by atoms with Gasteiger partial charge in [0.15, 0.2) is 11.5 Å². The summed E-state index contributed by atoms with van der Waals surface area (Å²) in [6.45, 7) is 5.18. The molecule has 5 nitrogen and oxygen atoms in total. The minimum atomic E-state index is -0.238. The number of aromatic nitrogens is 1. The van der Waals surface area contributed by atoms with Crippen LogP contribution >= 0.6 is 11.6 Å². The summed E-state index contributed by atoms with van der Waals surface area (Å²) in [5, 5.41) is 3.19. The second-order valence-corrected chi connectivity index (χ2v) is 6.47. The number of carbonyl (C=O) groups is 1. The van der Waals surface area contributed by atoms with Gasteiger partial charge in [0.05, 0.1) is 18.7 Å². The Labute approximate surface area is 153 Å². The molecular formula is C19H23ClN2O3. The smallest absolute Gasteiger partial charge is 0.251 e. The Hall–Kier alpha value is -2.27. The lowest BCUT2D eigenvalue weighted by atomic mass is 10.1. The lowest BCUT2D eigenvalue weighted by molar-refractivity contribution is 0.0950. The van der Waals surface area contributed by atoms with Gasteiger partial charge in [0.2, 0.25) is 0 Å². The van der Waals surface area contributed by atoms with Crippen LogP contribution in [0.15, 0.2) is 36.7 Å². The highest BCUT2D eigenvalue weighted by Gasteiger charge is 2.16. The molecule has 1 aromatic heterocycles. The zero-order chi connectivity index (χ0) is 18.2. The van der Waals surface area contributed by atoms with Crippen LogP contribution in [0.5, 0.6) is 11.5 Å². The van der Waals surface area contributed by atoms with Crippen LogP contribution < -0.4 is 14.8 Å². The Kier molecular flexibility index (Phi) is 7.07. The zero-order valence-corrected chi connectivity index (χ0v) is 15.5. The summed E-state index contributed by atoms with van der Waals surface area (Å²) < 4.78 is 11.1. The number of methoxy groups -OCH3 is 1. The summed E-state index contributed by atoms with van der Waals surface area (Å²) in [4.78, 5) is 16.4. The van der Waals surface area contributed by atoms with E-state index in [9.17, 15) is 4.79 Å². The van der Waals surface area contributed by atoms with E-state index in [0.29, 0.717) is 41.2 Å². The molecular weight excluding hydrogens is 340 g/mol. The van der Waals surface area contributed by atoms with Crippen molar-refractivity contribution in [3.05, 3.63) is 52.8 Å². The zero-order valence-electron chi connectivity index (χ0n) is 14.7. The number of amides is 1. The third kappa shape index (κ3) is 5.64. The lowest BCUT2D eigenvalue weighted by Gasteiger charge is -2.15. The maximum atomic E-state index is 12.4. The second kappa shape index (κ2) is 9.28. The highest BCUT2D eigenvalue weighted by atomic mass is 35.5. The first-order chi connectivity index (χ1) is 12.0. The Morgan fingerprint density at radius 2 is 2.16 bits per heavy atom. The molecule has 0 aliphatic carbocycles. The van der Waals surface area contributed by atoms with Crippen LogP contribution in [-0.4, -0.2) is 24.6 Å². The van der Waals surface area contributed by atoms with Crippen molar-refractivity contribution in [2.24, 2.45) is 5.92 Å². The van der Waals surface area contributed by atoms with E-state index in [4.69, 9.17) is 21.1 Å². The van der Waals surface area contributed by atoms with Crippen LogP contribution in [0.3, 0.4) is 0 Å². The maximum Gasteiger partial charge on any atom is 0.251 e. The van der Waals surface area contributed by atoms with Gasteiger partial charge in [-0.05, 0) is 36.1 Å². The monoisotopic (exact) mass is 362 g/mol. The number of pyridine rings is 1. The van der Waals surface area contributed by atoms with E-state index < -0.39 is 0 Å². The molecule has 6 heteroatoms. The predicted molar refractivity (Wildman–Crippen MR) is 98.4 cm³/mol. The van der Waals surface area contributed by atoms with Crippen LogP contribution in [0.1, 0.15) is 36.2 Å². The summed E-state index contributed by atoms with van der Waals surface area (Å²) in [5.74, 6) is 1.21. The summed E-state index contributed by atoms with van der Waals surface area (Å²) in [5.41, 5.74) is 1.34. The van der Waals surface area contributed by atoms with Crippen LogP contribution in [0.2, 0.25) is 5.02 Å². The highest BCUT2D eigenvalue weighted by Crippen LogP contribution is 2.36. The average molecular weight is 363 g/mol. The van der Waals surface area contributed by atoms with Crippen molar-refractivity contribution in [3.63, 3.8) is 0 Å². The van der Waals surface area contributed by atoms with Gasteiger partial charge >= 0.3 is 0 Å². The molecule has 0 atom stereocenters. The molecule has 0 unspecified atom stereocenters.